The lowest BCUT2D eigenvalue weighted by atomic mass is 9.98. The van der Waals surface area contributed by atoms with Crippen LogP contribution in [0.3, 0.4) is 0 Å². The summed E-state index contributed by atoms with van der Waals surface area (Å²) in [4.78, 5) is 4.18. The third-order valence-electron chi connectivity index (χ3n) is 3.29. The van der Waals surface area contributed by atoms with Crippen LogP contribution in [-0.2, 0) is 6.54 Å². The number of hydrogen-bond donors (Lipinski definition) is 2. The highest BCUT2D eigenvalue weighted by Crippen LogP contribution is 2.28. The van der Waals surface area contributed by atoms with E-state index in [4.69, 9.17) is 0 Å². The molecule has 7 heteroatoms. The topological polar surface area (TPSA) is 36.4 Å². The van der Waals surface area contributed by atoms with E-state index in [0.29, 0.717) is 6.54 Å². The van der Waals surface area contributed by atoms with Gasteiger partial charge in [-0.2, -0.15) is 13.2 Å². The van der Waals surface area contributed by atoms with Crippen molar-refractivity contribution in [3.8, 4) is 0 Å². The molecule has 2 rings (SSSR count). The number of nitrogens with zero attached hydrogens (tertiary/aromatic N) is 1. The second-order valence-corrected chi connectivity index (χ2v) is 5.23. The van der Waals surface area contributed by atoms with Gasteiger partial charge in [0.2, 0.25) is 0 Å². The first kappa shape index (κ1) is 18.1. The Kier molecular flexibility index (Phi) is 6.30. The largest absolute Gasteiger partial charge is 0.410 e. The summed E-state index contributed by atoms with van der Waals surface area (Å²) in [5.41, 5.74) is 0.958. The maximum Gasteiger partial charge on any atom is 0.410 e. The van der Waals surface area contributed by atoms with E-state index < -0.39 is 18.3 Å². The third kappa shape index (κ3) is 4.76. The van der Waals surface area contributed by atoms with Crippen molar-refractivity contribution in [2.24, 2.45) is 10.9 Å². The van der Waals surface area contributed by atoms with Crippen LogP contribution >= 0.6 is 24.0 Å². The van der Waals surface area contributed by atoms with Crippen LogP contribution < -0.4 is 10.6 Å². The molecule has 0 aromatic heterocycles. The number of aliphatic imine (C=N–C) groups is 1. The van der Waals surface area contributed by atoms with Crippen LogP contribution in [0.2, 0.25) is 0 Å². The van der Waals surface area contributed by atoms with Crippen LogP contribution in [0, 0.1) is 5.92 Å². The molecule has 1 fully saturated rings. The van der Waals surface area contributed by atoms with E-state index in [-0.39, 0.29) is 35.9 Å². The molecule has 0 amide bonds. The molecular weight excluding hydrogens is 394 g/mol. The second-order valence-electron chi connectivity index (χ2n) is 5.23. The predicted molar refractivity (Wildman–Crippen MR) is 87.7 cm³/mol. The molecule has 0 radical (unpaired) electrons. The first-order chi connectivity index (χ1) is 9.38. The van der Waals surface area contributed by atoms with E-state index in [1.54, 1.807) is 13.8 Å². The molecule has 118 valence electrons. The summed E-state index contributed by atoms with van der Waals surface area (Å²) in [5.74, 6) is 0.0772. The summed E-state index contributed by atoms with van der Waals surface area (Å²) in [7, 11) is 0. The van der Waals surface area contributed by atoms with E-state index >= 15 is 0 Å². The van der Waals surface area contributed by atoms with Crippen molar-refractivity contribution in [1.29, 1.82) is 0 Å². The van der Waals surface area contributed by atoms with Gasteiger partial charge in [0.25, 0.3) is 0 Å². The van der Waals surface area contributed by atoms with E-state index in [1.165, 1.54) is 0 Å². The number of halogens is 4. The van der Waals surface area contributed by atoms with E-state index in [0.717, 1.165) is 5.56 Å². The van der Waals surface area contributed by atoms with Gasteiger partial charge in [0.05, 0.1) is 12.6 Å². The lowest BCUT2D eigenvalue weighted by Crippen LogP contribution is -2.48. The van der Waals surface area contributed by atoms with E-state index in [9.17, 15) is 13.2 Å². The van der Waals surface area contributed by atoms with Gasteiger partial charge in [-0.1, -0.05) is 44.2 Å². The maximum absolute atomic E-state index is 13.0. The molecule has 1 aliphatic rings. The minimum Gasteiger partial charge on any atom is -0.351 e. The maximum atomic E-state index is 13.0. The standard InChI is InChI=1S/C14H18F3N3.HI/c1-9(2)11-12(14(15,16)17)20-13(19-11)18-8-10-6-4-3-5-7-10;/h3-7,9,11-12H,8H2,1-2H3,(H2,18,19,20);1H. The zero-order valence-corrected chi connectivity index (χ0v) is 14.1. The van der Waals surface area contributed by atoms with Crippen molar-refractivity contribution >= 4 is 29.9 Å². The fraction of sp³-hybridized carbons (Fsp3) is 0.500. The third-order valence-corrected chi connectivity index (χ3v) is 3.29. The molecule has 1 saturated heterocycles. The number of alkyl halides is 3. The Balaban J connectivity index is 0.00000220. The molecule has 1 heterocycles. The van der Waals surface area contributed by atoms with Crippen LogP contribution in [0.15, 0.2) is 35.3 Å². The Labute approximate surface area is 139 Å². The Morgan fingerprint density at radius 2 is 1.76 bits per heavy atom. The summed E-state index contributed by atoms with van der Waals surface area (Å²) >= 11 is 0. The highest BCUT2D eigenvalue weighted by atomic mass is 127. The Morgan fingerprint density at radius 3 is 2.24 bits per heavy atom. The lowest BCUT2D eigenvalue weighted by Gasteiger charge is -2.23. The molecule has 21 heavy (non-hydrogen) atoms. The number of guanidine groups is 1. The smallest absolute Gasteiger partial charge is 0.351 e. The monoisotopic (exact) mass is 413 g/mol. The summed E-state index contributed by atoms with van der Waals surface area (Å²) < 4.78 is 38.9. The molecule has 0 saturated carbocycles. The fourth-order valence-electron chi connectivity index (χ4n) is 2.20. The average molecular weight is 413 g/mol. The Morgan fingerprint density at radius 1 is 1.14 bits per heavy atom. The molecule has 0 bridgehead atoms. The van der Waals surface area contributed by atoms with Gasteiger partial charge in [-0.15, -0.1) is 24.0 Å². The summed E-state index contributed by atoms with van der Waals surface area (Å²) in [6.07, 6.45) is -4.29. The van der Waals surface area contributed by atoms with Crippen molar-refractivity contribution < 1.29 is 13.2 Å². The molecule has 2 unspecified atom stereocenters. The van der Waals surface area contributed by atoms with Crippen LogP contribution in [0.1, 0.15) is 19.4 Å². The molecule has 2 atom stereocenters. The van der Waals surface area contributed by atoms with Gasteiger partial charge in [-0.05, 0) is 11.5 Å². The van der Waals surface area contributed by atoms with Crippen molar-refractivity contribution in [2.75, 3.05) is 0 Å². The van der Waals surface area contributed by atoms with E-state index in [1.807, 2.05) is 30.3 Å². The molecule has 1 aliphatic heterocycles. The minimum atomic E-state index is -4.29. The lowest BCUT2D eigenvalue weighted by molar-refractivity contribution is -0.156. The first-order valence-electron chi connectivity index (χ1n) is 6.56. The number of rotatable bonds is 3. The van der Waals surface area contributed by atoms with Crippen molar-refractivity contribution in [1.82, 2.24) is 10.6 Å². The van der Waals surface area contributed by atoms with Gasteiger partial charge in [0, 0.05) is 0 Å². The quantitative estimate of drug-likeness (QED) is 0.747. The zero-order valence-electron chi connectivity index (χ0n) is 11.8. The molecule has 3 nitrogen and oxygen atoms in total. The first-order valence-corrected chi connectivity index (χ1v) is 6.56. The molecular formula is C14H19F3IN3. The van der Waals surface area contributed by atoms with Gasteiger partial charge in [0.15, 0.2) is 5.96 Å². The summed E-state index contributed by atoms with van der Waals surface area (Å²) in [5, 5.41) is 5.28. The summed E-state index contributed by atoms with van der Waals surface area (Å²) in [6, 6.07) is 7.14. The molecule has 2 N–H and O–H groups in total. The molecule has 1 aromatic carbocycles. The minimum absolute atomic E-state index is 0. The van der Waals surface area contributed by atoms with Gasteiger partial charge >= 0.3 is 6.18 Å². The van der Waals surface area contributed by atoms with Crippen LogP contribution in [-0.4, -0.2) is 24.2 Å². The van der Waals surface area contributed by atoms with Gasteiger partial charge in [-0.25, -0.2) is 4.99 Å². The van der Waals surface area contributed by atoms with Crippen LogP contribution in [0.5, 0.6) is 0 Å². The highest BCUT2D eigenvalue weighted by molar-refractivity contribution is 14.0. The van der Waals surface area contributed by atoms with Crippen LogP contribution in [0.25, 0.3) is 0 Å². The fourth-order valence-corrected chi connectivity index (χ4v) is 2.20. The normalized spacial score (nSPS) is 23.6. The van der Waals surface area contributed by atoms with Crippen molar-refractivity contribution in [3.05, 3.63) is 35.9 Å². The van der Waals surface area contributed by atoms with Gasteiger partial charge in [0.1, 0.15) is 6.04 Å². The van der Waals surface area contributed by atoms with E-state index in [2.05, 4.69) is 15.6 Å². The van der Waals surface area contributed by atoms with Crippen molar-refractivity contribution in [2.45, 2.75) is 38.7 Å². The average Bonchev–Trinajstić information content (AvgIpc) is 2.82. The SMILES string of the molecule is CC(C)C1NC(=NCc2ccccc2)NC1C(F)(F)F.I. The van der Waals surface area contributed by atoms with Gasteiger partial charge in [-0.3, -0.25) is 0 Å². The van der Waals surface area contributed by atoms with Crippen molar-refractivity contribution in [3.63, 3.8) is 0 Å². The predicted octanol–water partition coefficient (Wildman–Crippen LogP) is 3.31. The highest BCUT2D eigenvalue weighted by Gasteiger charge is 2.50. The number of nitrogens with one attached hydrogen (secondary N) is 2. The molecule has 1 aromatic rings. The second kappa shape index (κ2) is 7.33. The number of benzene rings is 1. The molecule has 0 spiro atoms. The summed E-state index contributed by atoms with van der Waals surface area (Å²) in [6.45, 7) is 3.88. The Hall–Kier alpha value is -0.990. The zero-order chi connectivity index (χ0) is 14.8. The van der Waals surface area contributed by atoms with Crippen LogP contribution in [0.4, 0.5) is 13.2 Å². The van der Waals surface area contributed by atoms with Gasteiger partial charge < -0.3 is 10.6 Å². The molecule has 0 aliphatic carbocycles. The Bertz CT molecular complexity index is 474. The number of hydrogen-bond acceptors (Lipinski definition) is 1.